The average Bonchev–Trinajstić information content (AvgIpc) is 4.14. The third-order valence-corrected chi connectivity index (χ3v) is 15.0. The lowest BCUT2D eigenvalue weighted by atomic mass is 9.89. The lowest BCUT2D eigenvalue weighted by Crippen LogP contribution is -2.56. The van der Waals surface area contributed by atoms with Gasteiger partial charge in [0.2, 0.25) is 0 Å². The van der Waals surface area contributed by atoms with Crippen LogP contribution in [0.5, 0.6) is 0 Å². The summed E-state index contributed by atoms with van der Waals surface area (Å²) in [6, 6.07) is 9.60. The Balaban J connectivity index is 1.62. The molecule has 2 aromatic carbocycles. The molecule has 1 saturated heterocycles. The fourth-order valence-electron chi connectivity index (χ4n) is 9.93. The van der Waals surface area contributed by atoms with E-state index in [4.69, 9.17) is 18.9 Å². The van der Waals surface area contributed by atoms with Gasteiger partial charge in [-0.05, 0) is 85.0 Å². The minimum Gasteiger partial charge on any atom is -0.451 e. The van der Waals surface area contributed by atoms with Crippen LogP contribution in [-0.4, -0.2) is 163 Å². The molecular weight excluding hydrogens is 1040 g/mol. The lowest BCUT2D eigenvalue weighted by Gasteiger charge is -2.37. The summed E-state index contributed by atoms with van der Waals surface area (Å²) in [5, 5.41) is 0. The fourth-order valence-corrected chi connectivity index (χ4v) is 9.93. The van der Waals surface area contributed by atoms with Gasteiger partial charge in [-0.1, -0.05) is 111 Å². The molecule has 4 aromatic rings. The van der Waals surface area contributed by atoms with E-state index in [-0.39, 0.29) is 55.8 Å². The molecule has 9 atom stereocenters. The minimum absolute atomic E-state index is 0.0806. The van der Waals surface area contributed by atoms with Crippen molar-refractivity contribution in [2.75, 3.05) is 28.2 Å². The van der Waals surface area contributed by atoms with Crippen molar-refractivity contribution in [2.24, 2.45) is 29.6 Å². The number of esters is 4. The predicted molar refractivity (Wildman–Crippen MR) is 302 cm³/mol. The predicted octanol–water partition coefficient (Wildman–Crippen LogP) is 6.40. The van der Waals surface area contributed by atoms with Crippen LogP contribution < -0.4 is 0 Å². The molecule has 4 amide bonds. The maximum absolute atomic E-state index is 15.2. The molecular formula is C61H86N8O12. The third-order valence-electron chi connectivity index (χ3n) is 15.0. The number of likely N-dealkylation sites (N-methyl/N-ethyl adjacent to an activating group) is 4. The number of hydrogen-bond acceptors (Lipinski definition) is 14. The Bertz CT molecular complexity index is 2740. The first kappa shape index (κ1) is 64.4. The number of amides is 4. The third kappa shape index (κ3) is 17.8. The number of nitrogens with zero attached hydrogens (tertiary/aromatic N) is 8. The van der Waals surface area contributed by atoms with E-state index in [1.165, 1.54) is 46.9 Å². The Hall–Kier alpha value is -7.38. The molecule has 0 aliphatic carbocycles. The molecule has 5 rings (SSSR count). The minimum atomic E-state index is -1.55. The summed E-state index contributed by atoms with van der Waals surface area (Å²) in [7, 11) is 5.59. The summed E-state index contributed by atoms with van der Waals surface area (Å²) >= 11 is 0. The SMILES string of the molecule is CC(C)C[C@H]1C(=O)O[C@H](Cc2ccc(Cn3ccnc3)cc2)C(=O)N(C)[C@@H](CC(C)C)C(=O)O[C@H](C)C(=O)N(C)[C@@H](CC(C)C)C(=O)O[C@H](Cc2cccc(Cn3ccnc3)c2)C(=O)N(C)[C@@H]([C@@H](C)C(C)C)C(=O)O[C@H](C)C(=O)N1C. The van der Waals surface area contributed by atoms with Gasteiger partial charge in [0.1, 0.15) is 24.2 Å². The molecule has 0 radical (unpaired) electrons. The monoisotopic (exact) mass is 1120 g/mol. The van der Waals surface area contributed by atoms with Crippen molar-refractivity contribution >= 4 is 47.5 Å². The van der Waals surface area contributed by atoms with E-state index < -0.39 is 102 Å². The number of imidazole rings is 2. The molecule has 442 valence electrons. The Kier molecular flexibility index (Phi) is 23.4. The summed E-state index contributed by atoms with van der Waals surface area (Å²) < 4.78 is 28.1. The Morgan fingerprint density at radius 3 is 1.27 bits per heavy atom. The van der Waals surface area contributed by atoms with E-state index in [0.29, 0.717) is 24.2 Å². The molecule has 1 aliphatic rings. The summed E-state index contributed by atoms with van der Waals surface area (Å²) in [5.41, 5.74) is 3.05. The van der Waals surface area contributed by atoms with Crippen LogP contribution in [0.1, 0.15) is 118 Å². The Morgan fingerprint density at radius 1 is 0.457 bits per heavy atom. The number of ether oxygens (including phenoxy) is 4. The first-order valence-electron chi connectivity index (χ1n) is 28.1. The number of carbonyl (C=O) groups is 8. The first-order chi connectivity index (χ1) is 38.2. The maximum Gasteiger partial charge on any atom is 0.329 e. The van der Waals surface area contributed by atoms with E-state index in [2.05, 4.69) is 9.97 Å². The summed E-state index contributed by atoms with van der Waals surface area (Å²) in [4.78, 5) is 131. The molecule has 0 N–H and O–H groups in total. The van der Waals surface area contributed by atoms with E-state index >= 15 is 9.59 Å². The van der Waals surface area contributed by atoms with Gasteiger partial charge in [-0.15, -0.1) is 0 Å². The zero-order valence-corrected chi connectivity index (χ0v) is 50.0. The fraction of sp³-hybridized carbons (Fsp3) is 0.574. The molecule has 3 heterocycles. The summed E-state index contributed by atoms with van der Waals surface area (Å²) in [5.74, 6) is -8.04. The summed E-state index contributed by atoms with van der Waals surface area (Å²) in [6.45, 7) is 20.4. The number of benzene rings is 2. The van der Waals surface area contributed by atoms with Crippen LogP contribution in [-0.2, 0) is 83.2 Å². The van der Waals surface area contributed by atoms with Gasteiger partial charge >= 0.3 is 23.9 Å². The zero-order chi connectivity index (χ0) is 60.0. The average molecular weight is 1120 g/mol. The highest BCUT2D eigenvalue weighted by Crippen LogP contribution is 2.27. The zero-order valence-electron chi connectivity index (χ0n) is 50.0. The number of hydrogen-bond donors (Lipinski definition) is 0. The van der Waals surface area contributed by atoms with Crippen molar-refractivity contribution in [1.29, 1.82) is 0 Å². The normalized spacial score (nSPS) is 23.5. The van der Waals surface area contributed by atoms with Crippen molar-refractivity contribution in [3.8, 4) is 0 Å². The maximum atomic E-state index is 15.2. The lowest BCUT2D eigenvalue weighted by molar-refractivity contribution is -0.177. The smallest absolute Gasteiger partial charge is 0.329 e. The molecule has 0 saturated carbocycles. The van der Waals surface area contributed by atoms with E-state index in [1.54, 1.807) is 38.0 Å². The number of rotatable bonds is 16. The van der Waals surface area contributed by atoms with Crippen LogP contribution in [0.15, 0.2) is 86.0 Å². The largest absolute Gasteiger partial charge is 0.451 e. The van der Waals surface area contributed by atoms with Gasteiger partial charge in [0, 0.05) is 78.9 Å². The molecule has 0 bridgehead atoms. The molecule has 0 spiro atoms. The number of aromatic nitrogens is 4. The van der Waals surface area contributed by atoms with Crippen molar-refractivity contribution < 1.29 is 57.3 Å². The molecule has 2 aromatic heterocycles. The highest BCUT2D eigenvalue weighted by atomic mass is 16.6. The second-order valence-corrected chi connectivity index (χ2v) is 23.3. The van der Waals surface area contributed by atoms with Gasteiger partial charge < -0.3 is 47.7 Å². The van der Waals surface area contributed by atoms with Crippen LogP contribution in [0, 0.1) is 29.6 Å². The number of carbonyl (C=O) groups excluding carboxylic acids is 8. The van der Waals surface area contributed by atoms with Crippen LogP contribution in [0.3, 0.4) is 0 Å². The van der Waals surface area contributed by atoms with Gasteiger partial charge in [-0.2, -0.15) is 0 Å². The second-order valence-electron chi connectivity index (χ2n) is 23.3. The van der Waals surface area contributed by atoms with Gasteiger partial charge in [0.25, 0.3) is 23.6 Å². The van der Waals surface area contributed by atoms with Gasteiger partial charge in [0.15, 0.2) is 24.4 Å². The van der Waals surface area contributed by atoms with Crippen molar-refractivity contribution in [1.82, 2.24) is 38.7 Å². The highest BCUT2D eigenvalue weighted by Gasteiger charge is 2.44. The van der Waals surface area contributed by atoms with Crippen molar-refractivity contribution in [3.63, 3.8) is 0 Å². The standard InChI is InChI=1S/C61H86N8O12/c1-37(2)27-48-58(74)78-42(10)54(70)64(12)50(29-39(5)6)60(76)81-52(32-46-17-16-18-47(30-46)34-69-26-24-63-36-69)57(73)67(15)53(41(9)40(7)8)61(77)79-43(11)55(71)65(13)49(28-38(3)4)59(75)80-51(56(72)66(48)14)31-44-19-21-45(22-20-44)33-68-25-23-62-35-68/h16-26,30,35-43,48-53H,27-29,31-34H2,1-15H3/t41-,42+,43+,48-,49-,50-,51+,52+,53-/m0/s1. The highest BCUT2D eigenvalue weighted by molar-refractivity contribution is 5.94. The van der Waals surface area contributed by atoms with Gasteiger partial charge in [0.05, 0.1) is 12.7 Å². The van der Waals surface area contributed by atoms with Crippen LogP contribution in [0.25, 0.3) is 0 Å². The first-order valence-corrected chi connectivity index (χ1v) is 28.1. The van der Waals surface area contributed by atoms with Crippen LogP contribution >= 0.6 is 0 Å². The molecule has 1 aliphatic heterocycles. The molecule has 0 unspecified atom stereocenters. The Morgan fingerprint density at radius 2 is 0.840 bits per heavy atom. The van der Waals surface area contributed by atoms with Crippen LogP contribution in [0.4, 0.5) is 0 Å². The topological polar surface area (TPSA) is 222 Å². The molecule has 1 fully saturated rings. The number of cyclic esters (lactones) is 4. The van der Waals surface area contributed by atoms with E-state index in [1.807, 2.05) is 119 Å². The van der Waals surface area contributed by atoms with E-state index in [0.717, 1.165) is 25.8 Å². The van der Waals surface area contributed by atoms with Gasteiger partial charge in [-0.3, -0.25) is 19.2 Å². The Labute approximate surface area is 477 Å². The van der Waals surface area contributed by atoms with Crippen LogP contribution in [0.2, 0.25) is 0 Å². The quantitative estimate of drug-likeness (QED) is 0.0876. The van der Waals surface area contributed by atoms with E-state index in [9.17, 15) is 28.8 Å². The molecule has 20 heteroatoms. The summed E-state index contributed by atoms with van der Waals surface area (Å²) in [6.07, 6.45) is 4.27. The van der Waals surface area contributed by atoms with Crippen molar-refractivity contribution in [2.45, 2.75) is 170 Å². The molecule has 81 heavy (non-hydrogen) atoms. The van der Waals surface area contributed by atoms with Crippen molar-refractivity contribution in [3.05, 3.63) is 108 Å². The molecule has 20 nitrogen and oxygen atoms in total. The van der Waals surface area contributed by atoms with Gasteiger partial charge in [-0.25, -0.2) is 29.1 Å². The second kappa shape index (κ2) is 29.4.